The monoisotopic (exact) mass is 466 g/mol. The van der Waals surface area contributed by atoms with E-state index in [4.69, 9.17) is 0 Å². The summed E-state index contributed by atoms with van der Waals surface area (Å²) in [5, 5.41) is 8.20. The van der Waals surface area contributed by atoms with Crippen molar-refractivity contribution in [1.29, 1.82) is 0 Å². The third kappa shape index (κ3) is 2.21. The van der Waals surface area contributed by atoms with Crippen LogP contribution in [0.3, 0.4) is 0 Å². The number of benzene rings is 7. The number of rotatable bonds is 1. The first kappa shape index (κ1) is 19.5. The third-order valence-electron chi connectivity index (χ3n) is 8.83. The molecule has 0 saturated carbocycles. The Morgan fingerprint density at radius 1 is 0.324 bits per heavy atom. The van der Waals surface area contributed by atoms with Crippen LogP contribution in [0.4, 0.5) is 0 Å². The SMILES string of the molecule is c1ccc(-c2cc3c4c(c2)c2ccccc2c2cccc(c24)C32c3ccccc3-c3ccccc32)cc1. The van der Waals surface area contributed by atoms with Crippen molar-refractivity contribution in [3.63, 3.8) is 0 Å². The average molecular weight is 467 g/mol. The second-order valence-corrected chi connectivity index (χ2v) is 10.4. The van der Waals surface area contributed by atoms with Crippen LogP contribution in [0.15, 0.2) is 133 Å². The van der Waals surface area contributed by atoms with Crippen molar-refractivity contribution in [2.75, 3.05) is 0 Å². The summed E-state index contributed by atoms with van der Waals surface area (Å²) in [6.07, 6.45) is 0. The smallest absolute Gasteiger partial charge is 0.0622 e. The number of hydrogen-bond acceptors (Lipinski definition) is 0. The summed E-state index contributed by atoms with van der Waals surface area (Å²) in [7, 11) is 0. The maximum atomic E-state index is 2.49. The Balaban J connectivity index is 1.58. The van der Waals surface area contributed by atoms with Crippen LogP contribution in [0.2, 0.25) is 0 Å². The van der Waals surface area contributed by atoms with Gasteiger partial charge in [0.2, 0.25) is 0 Å². The number of fused-ring (bicyclic) bond motifs is 10. The molecular weight excluding hydrogens is 444 g/mol. The molecule has 0 heterocycles. The lowest BCUT2D eigenvalue weighted by atomic mass is 9.70. The van der Waals surface area contributed by atoms with Crippen molar-refractivity contribution < 1.29 is 0 Å². The molecule has 9 rings (SSSR count). The van der Waals surface area contributed by atoms with Crippen molar-refractivity contribution in [3.05, 3.63) is 156 Å². The normalized spacial score (nSPS) is 14.2. The Kier molecular flexibility index (Phi) is 3.56. The Hall–Kier alpha value is -4.68. The molecule has 2 aliphatic rings. The summed E-state index contributed by atoms with van der Waals surface area (Å²) in [6, 6.07) is 49.8. The van der Waals surface area contributed by atoms with Gasteiger partial charge in [-0.15, -0.1) is 0 Å². The van der Waals surface area contributed by atoms with Gasteiger partial charge in [0, 0.05) is 0 Å². The van der Waals surface area contributed by atoms with Crippen molar-refractivity contribution in [2.24, 2.45) is 0 Å². The van der Waals surface area contributed by atoms with Gasteiger partial charge < -0.3 is 0 Å². The largest absolute Gasteiger partial charge is 0.0726 e. The third-order valence-corrected chi connectivity index (χ3v) is 8.83. The molecule has 0 fully saturated rings. The summed E-state index contributed by atoms with van der Waals surface area (Å²) >= 11 is 0. The lowest BCUT2D eigenvalue weighted by Gasteiger charge is -2.31. The van der Waals surface area contributed by atoms with E-state index < -0.39 is 0 Å². The lowest BCUT2D eigenvalue weighted by Crippen LogP contribution is -2.26. The van der Waals surface area contributed by atoms with Gasteiger partial charge in [0.05, 0.1) is 5.41 Å². The van der Waals surface area contributed by atoms with Gasteiger partial charge in [-0.1, -0.05) is 121 Å². The van der Waals surface area contributed by atoms with Crippen LogP contribution in [0, 0.1) is 0 Å². The molecule has 0 atom stereocenters. The van der Waals surface area contributed by atoms with Crippen LogP contribution < -0.4 is 0 Å². The molecule has 7 aromatic carbocycles. The van der Waals surface area contributed by atoms with Crippen LogP contribution in [0.1, 0.15) is 22.3 Å². The van der Waals surface area contributed by atoms with E-state index in [2.05, 4.69) is 133 Å². The quantitative estimate of drug-likeness (QED) is 0.211. The van der Waals surface area contributed by atoms with E-state index >= 15 is 0 Å². The van der Waals surface area contributed by atoms with Crippen LogP contribution in [-0.4, -0.2) is 0 Å². The van der Waals surface area contributed by atoms with E-state index in [9.17, 15) is 0 Å². The second kappa shape index (κ2) is 6.75. The maximum Gasteiger partial charge on any atom is 0.0726 e. The predicted octanol–water partition coefficient (Wildman–Crippen LogP) is 9.49. The van der Waals surface area contributed by atoms with Gasteiger partial charge in [0.25, 0.3) is 0 Å². The van der Waals surface area contributed by atoms with Gasteiger partial charge in [-0.25, -0.2) is 0 Å². The topological polar surface area (TPSA) is 0 Å². The van der Waals surface area contributed by atoms with Gasteiger partial charge in [0.1, 0.15) is 0 Å². The summed E-state index contributed by atoms with van der Waals surface area (Å²) < 4.78 is 0. The highest BCUT2D eigenvalue weighted by Gasteiger charge is 2.50. The second-order valence-electron chi connectivity index (χ2n) is 10.4. The highest BCUT2D eigenvalue weighted by molar-refractivity contribution is 6.30. The molecule has 7 aromatic rings. The molecule has 0 unspecified atom stereocenters. The minimum absolute atomic E-state index is 0.324. The molecule has 0 saturated heterocycles. The average Bonchev–Trinajstić information content (AvgIpc) is 3.45. The number of hydrogen-bond donors (Lipinski definition) is 0. The minimum atomic E-state index is -0.324. The standard InChI is InChI=1S/C37H22/c1-2-11-23(12-3-1)24-21-30-26-14-5-4-13-25(26)29-17-10-20-33-35(29)36(30)34(22-24)37(33)31-18-8-6-15-27(31)28-16-7-9-19-32(28)37/h1-22H. The zero-order valence-corrected chi connectivity index (χ0v) is 20.2. The van der Waals surface area contributed by atoms with Gasteiger partial charge in [-0.2, -0.15) is 0 Å². The van der Waals surface area contributed by atoms with Gasteiger partial charge >= 0.3 is 0 Å². The molecule has 0 bridgehead atoms. The van der Waals surface area contributed by atoms with Crippen LogP contribution >= 0.6 is 0 Å². The van der Waals surface area contributed by atoms with Gasteiger partial charge in [0.15, 0.2) is 0 Å². The van der Waals surface area contributed by atoms with Crippen molar-refractivity contribution in [1.82, 2.24) is 0 Å². The zero-order chi connectivity index (χ0) is 24.1. The van der Waals surface area contributed by atoms with E-state index in [1.807, 2.05) is 0 Å². The molecule has 2 aliphatic carbocycles. The molecule has 37 heavy (non-hydrogen) atoms. The van der Waals surface area contributed by atoms with Gasteiger partial charge in [-0.3, -0.25) is 0 Å². The molecular formula is C37H22. The van der Waals surface area contributed by atoms with E-state index in [-0.39, 0.29) is 5.41 Å². The first-order chi connectivity index (χ1) is 18.4. The summed E-state index contributed by atoms with van der Waals surface area (Å²) in [5.41, 5.74) is 10.5. The molecule has 0 aromatic heterocycles. The molecule has 0 radical (unpaired) electrons. The highest BCUT2D eigenvalue weighted by atomic mass is 14.5. The van der Waals surface area contributed by atoms with Crippen molar-refractivity contribution >= 4 is 32.3 Å². The molecule has 170 valence electrons. The fourth-order valence-corrected chi connectivity index (χ4v) is 7.49. The van der Waals surface area contributed by atoms with Gasteiger partial charge in [-0.05, 0) is 89.0 Å². The first-order valence-electron chi connectivity index (χ1n) is 13.0. The van der Waals surface area contributed by atoms with E-state index in [1.54, 1.807) is 0 Å². The Labute approximate surface area is 215 Å². The Morgan fingerprint density at radius 3 is 1.59 bits per heavy atom. The highest BCUT2D eigenvalue weighted by Crippen LogP contribution is 2.63. The fourth-order valence-electron chi connectivity index (χ4n) is 7.49. The Bertz CT molecular complexity index is 2030. The van der Waals surface area contributed by atoms with Crippen LogP contribution in [0.25, 0.3) is 54.6 Å². The summed E-state index contributed by atoms with van der Waals surface area (Å²) in [4.78, 5) is 0. The van der Waals surface area contributed by atoms with Crippen molar-refractivity contribution in [3.8, 4) is 22.3 Å². The molecule has 0 amide bonds. The minimum Gasteiger partial charge on any atom is -0.0622 e. The lowest BCUT2D eigenvalue weighted by molar-refractivity contribution is 0.797. The maximum absolute atomic E-state index is 2.49. The summed E-state index contributed by atoms with van der Waals surface area (Å²) in [6.45, 7) is 0. The Morgan fingerprint density at radius 2 is 0.865 bits per heavy atom. The van der Waals surface area contributed by atoms with E-state index in [1.165, 1.54) is 76.8 Å². The van der Waals surface area contributed by atoms with Crippen LogP contribution in [-0.2, 0) is 5.41 Å². The van der Waals surface area contributed by atoms with Crippen molar-refractivity contribution in [2.45, 2.75) is 5.41 Å². The van der Waals surface area contributed by atoms with Crippen LogP contribution in [0.5, 0.6) is 0 Å². The first-order valence-corrected chi connectivity index (χ1v) is 13.0. The predicted molar refractivity (Wildman–Crippen MR) is 155 cm³/mol. The fraction of sp³-hybridized carbons (Fsp3) is 0.0270. The molecule has 0 nitrogen and oxygen atoms in total. The molecule has 0 heteroatoms. The van der Waals surface area contributed by atoms with E-state index in [0.717, 1.165) is 0 Å². The van der Waals surface area contributed by atoms with E-state index in [0.29, 0.717) is 0 Å². The zero-order valence-electron chi connectivity index (χ0n) is 20.2. The summed E-state index contributed by atoms with van der Waals surface area (Å²) in [5.74, 6) is 0. The molecule has 0 N–H and O–H groups in total. The molecule has 1 spiro atoms. The molecule has 0 aliphatic heterocycles.